The zero-order valence-electron chi connectivity index (χ0n) is 11.6. The van der Waals surface area contributed by atoms with Gasteiger partial charge < -0.3 is 9.92 Å². The predicted octanol–water partition coefficient (Wildman–Crippen LogP) is 3.56. The molecule has 0 saturated carbocycles. The van der Waals surface area contributed by atoms with Gasteiger partial charge in [-0.2, -0.15) is 8.42 Å². The first-order chi connectivity index (χ1) is 10.6. The zero-order valence-corrected chi connectivity index (χ0v) is 13.9. The molecule has 0 heterocycles. The van der Waals surface area contributed by atoms with Crippen LogP contribution in [0.4, 0.5) is 11.4 Å². The summed E-state index contributed by atoms with van der Waals surface area (Å²) in [7, 11) is -4.37. The summed E-state index contributed by atoms with van der Waals surface area (Å²) < 4.78 is 29.4. The maximum Gasteiger partial charge on any atom is 0.339 e. The van der Waals surface area contributed by atoms with Crippen molar-refractivity contribution < 1.29 is 17.5 Å². The number of nitro benzene ring substituents is 1. The number of rotatable bonds is 4. The topological polar surface area (TPSA) is 113 Å². The lowest BCUT2D eigenvalue weighted by Crippen LogP contribution is -2.11. The maximum atomic E-state index is 12.3. The van der Waals surface area contributed by atoms with Crippen molar-refractivity contribution in [2.24, 2.45) is 0 Å². The van der Waals surface area contributed by atoms with E-state index in [1.54, 1.807) is 6.92 Å². The number of hydrogen-bond donors (Lipinski definition) is 1. The molecule has 2 aromatic carbocycles. The molecule has 7 nitrogen and oxygen atoms in total. The number of anilines is 1. The van der Waals surface area contributed by atoms with Gasteiger partial charge in [0.15, 0.2) is 0 Å². The Morgan fingerprint density at radius 3 is 2.26 bits per heavy atom. The summed E-state index contributed by atoms with van der Waals surface area (Å²) in [5, 5.41) is 10.9. The number of hydrogen-bond acceptors (Lipinski definition) is 6. The van der Waals surface area contributed by atoms with Gasteiger partial charge in [-0.15, -0.1) is 0 Å². The van der Waals surface area contributed by atoms with E-state index in [4.69, 9.17) is 33.1 Å². The Hall–Kier alpha value is -2.03. The Balaban J connectivity index is 2.49. The lowest BCUT2D eigenvalue weighted by Gasteiger charge is -2.10. The molecule has 0 spiro atoms. The Morgan fingerprint density at radius 2 is 1.74 bits per heavy atom. The van der Waals surface area contributed by atoms with E-state index in [0.29, 0.717) is 5.56 Å². The molecule has 2 rings (SSSR count). The molecule has 2 N–H and O–H groups in total. The van der Waals surface area contributed by atoms with Gasteiger partial charge in [-0.05, 0) is 30.7 Å². The second kappa shape index (κ2) is 6.23. The molecule has 0 aliphatic heterocycles. The van der Waals surface area contributed by atoms with Crippen LogP contribution in [0.2, 0.25) is 10.0 Å². The van der Waals surface area contributed by atoms with E-state index < -0.39 is 26.5 Å². The summed E-state index contributed by atoms with van der Waals surface area (Å²) in [5.74, 6) is -0.412. The van der Waals surface area contributed by atoms with Gasteiger partial charge in [0.1, 0.15) is 4.90 Å². The lowest BCUT2D eigenvalue weighted by atomic mass is 10.2. The van der Waals surface area contributed by atoms with Crippen molar-refractivity contribution >= 4 is 44.7 Å². The second-order valence-electron chi connectivity index (χ2n) is 4.57. The minimum atomic E-state index is -4.37. The number of benzene rings is 2. The van der Waals surface area contributed by atoms with Crippen molar-refractivity contribution in [3.05, 3.63) is 56.1 Å². The molecular formula is C13H10Cl2N2O5S. The van der Waals surface area contributed by atoms with E-state index in [0.717, 1.165) is 12.1 Å². The molecule has 0 bridgehead atoms. The molecule has 0 atom stereocenters. The minimum absolute atomic E-state index is 0.0219. The highest BCUT2D eigenvalue weighted by molar-refractivity contribution is 7.87. The van der Waals surface area contributed by atoms with Gasteiger partial charge in [0.25, 0.3) is 0 Å². The molecule has 0 aromatic heterocycles. The van der Waals surface area contributed by atoms with Crippen LogP contribution in [0, 0.1) is 17.0 Å². The number of aryl methyl sites for hydroxylation is 1. The van der Waals surface area contributed by atoms with Crippen LogP contribution in [0.15, 0.2) is 35.2 Å². The first-order valence-corrected chi connectivity index (χ1v) is 8.22. The molecule has 0 saturated heterocycles. The number of halogens is 2. The molecular weight excluding hydrogens is 367 g/mol. The molecule has 10 heteroatoms. The highest BCUT2D eigenvalue weighted by Gasteiger charge is 2.24. The van der Waals surface area contributed by atoms with Gasteiger partial charge in [0.05, 0.1) is 20.7 Å². The average molecular weight is 377 g/mol. The van der Waals surface area contributed by atoms with Crippen molar-refractivity contribution in [3.63, 3.8) is 0 Å². The fourth-order valence-corrected chi connectivity index (χ4v) is 3.33. The molecule has 122 valence electrons. The van der Waals surface area contributed by atoms with Crippen LogP contribution in [-0.2, 0) is 10.1 Å². The van der Waals surface area contributed by atoms with Gasteiger partial charge in [0, 0.05) is 6.07 Å². The Kier molecular flexibility index (Phi) is 4.69. The van der Waals surface area contributed by atoms with Crippen molar-refractivity contribution in [3.8, 4) is 5.75 Å². The fourth-order valence-electron chi connectivity index (χ4n) is 1.71. The summed E-state index contributed by atoms with van der Waals surface area (Å²) >= 11 is 11.6. The van der Waals surface area contributed by atoms with Crippen molar-refractivity contribution in [1.82, 2.24) is 0 Å². The predicted molar refractivity (Wildman–Crippen MR) is 86.5 cm³/mol. The van der Waals surface area contributed by atoms with E-state index in [1.165, 1.54) is 18.2 Å². The monoisotopic (exact) mass is 376 g/mol. The molecule has 23 heavy (non-hydrogen) atoms. The van der Waals surface area contributed by atoms with Gasteiger partial charge in [0.2, 0.25) is 5.75 Å². The van der Waals surface area contributed by atoms with Gasteiger partial charge in [-0.25, -0.2) is 0 Å². The van der Waals surface area contributed by atoms with Crippen LogP contribution >= 0.6 is 23.2 Å². The molecule has 0 unspecified atom stereocenters. The van der Waals surface area contributed by atoms with Gasteiger partial charge in [-0.3, -0.25) is 10.1 Å². The highest BCUT2D eigenvalue weighted by atomic mass is 35.5. The molecule has 2 aromatic rings. The molecule has 0 radical (unpaired) electrons. The summed E-state index contributed by atoms with van der Waals surface area (Å²) in [4.78, 5) is 9.92. The molecule has 0 amide bonds. The Morgan fingerprint density at radius 1 is 1.17 bits per heavy atom. The van der Waals surface area contributed by atoms with E-state index in [1.807, 2.05) is 0 Å². The van der Waals surface area contributed by atoms with E-state index in [2.05, 4.69) is 0 Å². The Labute approximate surface area is 141 Å². The zero-order chi connectivity index (χ0) is 17.4. The minimum Gasteiger partial charge on any atom is -0.396 e. The largest absolute Gasteiger partial charge is 0.396 e. The van der Waals surface area contributed by atoms with Crippen LogP contribution in [-0.4, -0.2) is 13.3 Å². The third kappa shape index (κ3) is 3.66. The average Bonchev–Trinajstić information content (AvgIpc) is 2.45. The molecule has 0 fully saturated rings. The quantitative estimate of drug-likeness (QED) is 0.377. The molecule has 0 aliphatic rings. The third-order valence-electron chi connectivity index (χ3n) is 2.85. The smallest absolute Gasteiger partial charge is 0.339 e. The normalized spacial score (nSPS) is 11.3. The van der Waals surface area contributed by atoms with E-state index >= 15 is 0 Å². The summed E-state index contributed by atoms with van der Waals surface area (Å²) in [6.07, 6.45) is 0. The van der Waals surface area contributed by atoms with Crippen LogP contribution < -0.4 is 9.92 Å². The Bertz CT molecular complexity index is 876. The third-order valence-corrected chi connectivity index (χ3v) is 4.69. The van der Waals surface area contributed by atoms with E-state index in [9.17, 15) is 18.5 Å². The van der Waals surface area contributed by atoms with Crippen molar-refractivity contribution in [1.29, 1.82) is 0 Å². The van der Waals surface area contributed by atoms with Crippen molar-refractivity contribution in [2.45, 2.75) is 11.8 Å². The summed E-state index contributed by atoms with van der Waals surface area (Å²) in [5.41, 5.74) is 5.67. The first-order valence-electron chi connectivity index (χ1n) is 6.06. The number of nitrogens with zero attached hydrogens (tertiary/aromatic N) is 1. The summed E-state index contributed by atoms with van der Waals surface area (Å²) in [6, 6.07) is 6.00. The van der Waals surface area contributed by atoms with Crippen LogP contribution in [0.1, 0.15) is 5.56 Å². The van der Waals surface area contributed by atoms with Crippen LogP contribution in [0.25, 0.3) is 0 Å². The van der Waals surface area contributed by atoms with Crippen molar-refractivity contribution in [2.75, 3.05) is 5.73 Å². The lowest BCUT2D eigenvalue weighted by molar-refractivity contribution is -0.385. The van der Waals surface area contributed by atoms with E-state index in [-0.39, 0.29) is 20.6 Å². The molecule has 0 aliphatic carbocycles. The van der Waals surface area contributed by atoms with Crippen LogP contribution in [0.5, 0.6) is 5.75 Å². The standard InChI is InChI=1S/C13H10Cl2N2O5S/c1-7-2-3-12(11(4-7)17(18)19)22-23(20,21)8-5-9(14)13(16)10(15)6-8/h2-6H,16H2,1H3. The highest BCUT2D eigenvalue weighted by Crippen LogP contribution is 2.34. The number of nitro groups is 1. The van der Waals surface area contributed by atoms with Gasteiger partial charge in [-0.1, -0.05) is 29.3 Å². The van der Waals surface area contributed by atoms with Crippen LogP contribution in [0.3, 0.4) is 0 Å². The maximum absolute atomic E-state index is 12.3. The van der Waals surface area contributed by atoms with Gasteiger partial charge >= 0.3 is 15.8 Å². The fraction of sp³-hybridized carbons (Fsp3) is 0.0769. The number of nitrogens with two attached hydrogens (primary N) is 1. The number of nitrogen functional groups attached to an aromatic ring is 1. The second-order valence-corrected chi connectivity index (χ2v) is 6.93. The SMILES string of the molecule is Cc1ccc(OS(=O)(=O)c2cc(Cl)c(N)c(Cl)c2)c([N+](=O)[O-])c1. The summed E-state index contributed by atoms with van der Waals surface area (Å²) in [6.45, 7) is 1.63. The first kappa shape index (κ1) is 17.3.